The van der Waals surface area contributed by atoms with Gasteiger partial charge < -0.3 is 4.90 Å². The summed E-state index contributed by atoms with van der Waals surface area (Å²) in [5.74, 6) is -0.0812. The van der Waals surface area contributed by atoms with Crippen LogP contribution in [-0.2, 0) is 7.05 Å². The van der Waals surface area contributed by atoms with Gasteiger partial charge in [0.15, 0.2) is 0 Å². The summed E-state index contributed by atoms with van der Waals surface area (Å²) in [5, 5.41) is 11.4. The molecule has 0 spiro atoms. The number of benzene rings is 1. The molecular weight excluding hydrogens is 333 g/mol. The molecule has 1 saturated heterocycles. The van der Waals surface area contributed by atoms with Gasteiger partial charge in [0.1, 0.15) is 5.82 Å². The zero-order chi connectivity index (χ0) is 18.1. The highest BCUT2D eigenvalue weighted by Crippen LogP contribution is 2.33. The fourth-order valence-corrected chi connectivity index (χ4v) is 3.58. The lowest BCUT2D eigenvalue weighted by molar-refractivity contribution is 0.0706. The molecule has 3 heterocycles. The molecule has 1 aromatic carbocycles. The molecule has 1 N–H and O–H groups in total. The molecule has 1 fully saturated rings. The highest BCUT2D eigenvalue weighted by molar-refractivity contribution is 5.93. The minimum atomic E-state index is -0.260. The number of amides is 1. The van der Waals surface area contributed by atoms with Gasteiger partial charge in [-0.1, -0.05) is 12.1 Å². The van der Waals surface area contributed by atoms with Crippen molar-refractivity contribution in [3.63, 3.8) is 0 Å². The van der Waals surface area contributed by atoms with Gasteiger partial charge in [-0.2, -0.15) is 10.2 Å². The third-order valence-corrected chi connectivity index (χ3v) is 4.89. The van der Waals surface area contributed by atoms with Crippen LogP contribution in [0.2, 0.25) is 0 Å². The first-order chi connectivity index (χ1) is 12.6. The molecule has 2 aromatic heterocycles. The highest BCUT2D eigenvalue weighted by atomic mass is 19.1. The van der Waals surface area contributed by atoms with E-state index in [1.54, 1.807) is 42.5 Å². The smallest absolute Gasteiger partial charge is 0.257 e. The fourth-order valence-electron chi connectivity index (χ4n) is 3.58. The van der Waals surface area contributed by atoms with Crippen molar-refractivity contribution in [1.82, 2.24) is 24.9 Å². The van der Waals surface area contributed by atoms with E-state index in [1.165, 1.54) is 12.1 Å². The van der Waals surface area contributed by atoms with Crippen LogP contribution in [0.25, 0.3) is 11.1 Å². The molecule has 1 aliphatic rings. The van der Waals surface area contributed by atoms with Crippen LogP contribution in [0.5, 0.6) is 0 Å². The Bertz CT molecular complexity index is 914. The summed E-state index contributed by atoms with van der Waals surface area (Å²) in [7, 11) is 1.80. The van der Waals surface area contributed by atoms with Crippen LogP contribution < -0.4 is 0 Å². The number of rotatable bonds is 3. The standard InChI is InChI=1S/C19H20FN5O/c1-24-11-15(9-22-24)19(26)25-8-2-3-14(12-25)18-17(10-21-23-18)13-4-6-16(20)7-5-13/h4-7,9-11,14H,2-3,8,12H2,1H3,(H,21,23)/t14-/m1/s1. The second kappa shape index (κ2) is 6.74. The lowest BCUT2D eigenvalue weighted by atomic mass is 9.90. The second-order valence-corrected chi connectivity index (χ2v) is 6.70. The molecule has 134 valence electrons. The van der Waals surface area contributed by atoms with Crippen molar-refractivity contribution in [3.05, 3.63) is 59.9 Å². The number of carbonyl (C=O) groups excluding carboxylic acids is 1. The van der Waals surface area contributed by atoms with Crippen LogP contribution in [-0.4, -0.2) is 43.9 Å². The Labute approximate surface area is 150 Å². The van der Waals surface area contributed by atoms with Crippen molar-refractivity contribution < 1.29 is 9.18 Å². The predicted octanol–water partition coefficient (Wildman–Crippen LogP) is 2.97. The summed E-state index contributed by atoms with van der Waals surface area (Å²) in [4.78, 5) is 14.6. The maximum Gasteiger partial charge on any atom is 0.257 e. The van der Waals surface area contributed by atoms with Gasteiger partial charge in [-0.3, -0.25) is 14.6 Å². The molecule has 0 saturated carbocycles. The van der Waals surface area contributed by atoms with Crippen molar-refractivity contribution >= 4 is 5.91 Å². The van der Waals surface area contributed by atoms with Crippen molar-refractivity contribution in [2.45, 2.75) is 18.8 Å². The maximum atomic E-state index is 13.2. The number of piperidine rings is 1. The number of H-pyrrole nitrogens is 1. The Kier molecular flexibility index (Phi) is 4.28. The summed E-state index contributed by atoms with van der Waals surface area (Å²) in [6, 6.07) is 6.41. The third kappa shape index (κ3) is 3.12. The van der Waals surface area contributed by atoms with Crippen LogP contribution >= 0.6 is 0 Å². The van der Waals surface area contributed by atoms with Gasteiger partial charge in [0, 0.05) is 43.5 Å². The summed E-state index contributed by atoms with van der Waals surface area (Å²) >= 11 is 0. The largest absolute Gasteiger partial charge is 0.338 e. The fraction of sp³-hybridized carbons (Fsp3) is 0.316. The first kappa shape index (κ1) is 16.5. The molecule has 1 aliphatic heterocycles. The van der Waals surface area contributed by atoms with E-state index in [0.717, 1.165) is 36.2 Å². The minimum absolute atomic E-state index is 0.00523. The van der Waals surface area contributed by atoms with Gasteiger partial charge in [0.25, 0.3) is 5.91 Å². The average Bonchev–Trinajstić information content (AvgIpc) is 3.31. The molecule has 0 unspecified atom stereocenters. The summed E-state index contributed by atoms with van der Waals surface area (Å²) in [6.07, 6.45) is 7.02. The lowest BCUT2D eigenvalue weighted by Crippen LogP contribution is -2.39. The number of carbonyl (C=O) groups is 1. The Hall–Kier alpha value is -2.96. The van der Waals surface area contributed by atoms with E-state index in [4.69, 9.17) is 0 Å². The molecule has 6 nitrogen and oxygen atoms in total. The number of halogens is 1. The maximum absolute atomic E-state index is 13.2. The first-order valence-corrected chi connectivity index (χ1v) is 8.69. The quantitative estimate of drug-likeness (QED) is 0.787. The number of likely N-dealkylation sites (tertiary alicyclic amines) is 1. The molecule has 0 aliphatic carbocycles. The number of nitrogens with one attached hydrogen (secondary N) is 1. The van der Waals surface area contributed by atoms with Gasteiger partial charge in [0.05, 0.1) is 18.0 Å². The summed E-state index contributed by atoms with van der Waals surface area (Å²) in [6.45, 7) is 1.37. The number of aromatic amines is 1. The van der Waals surface area contributed by atoms with Gasteiger partial charge in [-0.05, 0) is 30.5 Å². The van der Waals surface area contributed by atoms with E-state index in [-0.39, 0.29) is 17.6 Å². The number of hydrogen-bond acceptors (Lipinski definition) is 3. The lowest BCUT2D eigenvalue weighted by Gasteiger charge is -2.32. The van der Waals surface area contributed by atoms with Gasteiger partial charge in [0.2, 0.25) is 0 Å². The molecular formula is C19H20FN5O. The zero-order valence-electron chi connectivity index (χ0n) is 14.5. The average molecular weight is 353 g/mol. The van der Waals surface area contributed by atoms with E-state index in [1.807, 2.05) is 4.90 Å². The topological polar surface area (TPSA) is 66.8 Å². The predicted molar refractivity (Wildman–Crippen MR) is 95.1 cm³/mol. The summed E-state index contributed by atoms with van der Waals surface area (Å²) in [5.41, 5.74) is 3.49. The Balaban J connectivity index is 1.56. The van der Waals surface area contributed by atoms with Gasteiger partial charge in [-0.15, -0.1) is 0 Å². The number of aromatic nitrogens is 4. The monoisotopic (exact) mass is 353 g/mol. The highest BCUT2D eigenvalue weighted by Gasteiger charge is 2.28. The molecule has 7 heteroatoms. The second-order valence-electron chi connectivity index (χ2n) is 6.70. The first-order valence-electron chi connectivity index (χ1n) is 8.69. The van der Waals surface area contributed by atoms with Crippen LogP contribution in [0.15, 0.2) is 42.9 Å². The number of aryl methyl sites for hydroxylation is 1. The van der Waals surface area contributed by atoms with Crippen molar-refractivity contribution in [2.75, 3.05) is 13.1 Å². The molecule has 3 aromatic rings. The number of hydrogen-bond donors (Lipinski definition) is 1. The Morgan fingerprint density at radius 1 is 1.27 bits per heavy atom. The van der Waals surface area contributed by atoms with Crippen molar-refractivity contribution in [2.24, 2.45) is 7.05 Å². The van der Waals surface area contributed by atoms with Crippen molar-refractivity contribution in [3.8, 4) is 11.1 Å². The molecule has 0 radical (unpaired) electrons. The van der Waals surface area contributed by atoms with Crippen molar-refractivity contribution in [1.29, 1.82) is 0 Å². The van der Waals surface area contributed by atoms with E-state index < -0.39 is 0 Å². The van der Waals surface area contributed by atoms with Crippen LogP contribution in [0.4, 0.5) is 4.39 Å². The molecule has 1 atom stereocenters. The molecule has 1 amide bonds. The molecule has 0 bridgehead atoms. The van der Waals surface area contributed by atoms with Crippen LogP contribution in [0.1, 0.15) is 34.8 Å². The van der Waals surface area contributed by atoms with E-state index in [0.29, 0.717) is 12.1 Å². The Morgan fingerprint density at radius 3 is 2.81 bits per heavy atom. The third-order valence-electron chi connectivity index (χ3n) is 4.89. The molecule has 4 rings (SSSR count). The summed E-state index contributed by atoms with van der Waals surface area (Å²) < 4.78 is 14.8. The Morgan fingerprint density at radius 2 is 2.08 bits per heavy atom. The molecule has 26 heavy (non-hydrogen) atoms. The normalized spacial score (nSPS) is 17.5. The SMILES string of the molecule is Cn1cc(C(=O)N2CCC[C@@H](c3[nH]ncc3-c3ccc(F)cc3)C2)cn1. The number of nitrogens with zero attached hydrogens (tertiary/aromatic N) is 4. The van der Waals surface area contributed by atoms with Gasteiger partial charge >= 0.3 is 0 Å². The van der Waals surface area contributed by atoms with Crippen LogP contribution in [0.3, 0.4) is 0 Å². The van der Waals surface area contributed by atoms with E-state index in [9.17, 15) is 9.18 Å². The minimum Gasteiger partial charge on any atom is -0.338 e. The zero-order valence-corrected chi connectivity index (χ0v) is 14.5. The van der Waals surface area contributed by atoms with Gasteiger partial charge in [-0.25, -0.2) is 4.39 Å². The van der Waals surface area contributed by atoms with E-state index >= 15 is 0 Å². The van der Waals surface area contributed by atoms with E-state index in [2.05, 4.69) is 15.3 Å². The van der Waals surface area contributed by atoms with Crippen LogP contribution in [0, 0.1) is 5.82 Å².